The third kappa shape index (κ3) is 6.47. The Bertz CT molecular complexity index is 437. The molecular weight excluding hydrogens is 316 g/mol. The fraction of sp³-hybridized carbons (Fsp3) is 0.583. The molecule has 0 radical (unpaired) electrons. The van der Waals surface area contributed by atoms with Crippen LogP contribution in [0.4, 0.5) is 0 Å². The number of halogens is 1. The van der Waals surface area contributed by atoms with Crippen molar-refractivity contribution < 1.29 is 8.42 Å². The Morgan fingerprint density at radius 1 is 1.39 bits per heavy atom. The van der Waals surface area contributed by atoms with Crippen LogP contribution in [0, 0.1) is 0 Å². The standard InChI is InChI=1S/C12H19BrN2O2S/c1-2-3-12(13)10-15-18(16,17)9-6-11-4-7-14-8-5-11/h4-5,7-8,12,15H,2-3,6,9-10H2,1H3. The van der Waals surface area contributed by atoms with Crippen LogP contribution in [-0.4, -0.2) is 30.5 Å². The van der Waals surface area contributed by atoms with E-state index in [-0.39, 0.29) is 10.6 Å². The minimum atomic E-state index is -3.19. The SMILES string of the molecule is CCCC(Br)CNS(=O)(=O)CCc1ccncc1. The summed E-state index contributed by atoms with van der Waals surface area (Å²) in [6, 6.07) is 3.67. The maximum atomic E-state index is 11.8. The molecule has 0 aromatic carbocycles. The molecule has 0 aliphatic carbocycles. The molecule has 1 aromatic rings. The second kappa shape index (κ2) is 7.86. The first-order chi connectivity index (χ1) is 8.53. The number of aryl methyl sites for hydroxylation is 1. The van der Waals surface area contributed by atoms with Crippen LogP contribution < -0.4 is 4.72 Å². The maximum absolute atomic E-state index is 11.8. The average molecular weight is 335 g/mol. The van der Waals surface area contributed by atoms with Crippen LogP contribution in [0.2, 0.25) is 0 Å². The molecule has 0 aliphatic rings. The average Bonchev–Trinajstić information content (AvgIpc) is 2.36. The van der Waals surface area contributed by atoms with Gasteiger partial charge in [-0.3, -0.25) is 4.98 Å². The highest BCUT2D eigenvalue weighted by molar-refractivity contribution is 9.09. The Hall–Kier alpha value is -0.460. The molecule has 1 N–H and O–H groups in total. The van der Waals surface area contributed by atoms with Crippen molar-refractivity contribution in [3.8, 4) is 0 Å². The molecule has 0 bridgehead atoms. The Labute approximate surface area is 117 Å². The highest BCUT2D eigenvalue weighted by atomic mass is 79.9. The van der Waals surface area contributed by atoms with Gasteiger partial charge in [-0.1, -0.05) is 29.3 Å². The highest BCUT2D eigenvalue weighted by Gasteiger charge is 2.12. The van der Waals surface area contributed by atoms with Crippen molar-refractivity contribution in [1.29, 1.82) is 0 Å². The van der Waals surface area contributed by atoms with Crippen LogP contribution in [-0.2, 0) is 16.4 Å². The molecule has 0 saturated heterocycles. The van der Waals surface area contributed by atoms with Crippen molar-refractivity contribution >= 4 is 26.0 Å². The Morgan fingerprint density at radius 3 is 2.67 bits per heavy atom. The number of hydrogen-bond acceptors (Lipinski definition) is 3. The van der Waals surface area contributed by atoms with Crippen LogP contribution in [0.25, 0.3) is 0 Å². The molecule has 1 heterocycles. The molecule has 18 heavy (non-hydrogen) atoms. The first-order valence-corrected chi connectivity index (χ1v) is 8.60. The van der Waals surface area contributed by atoms with Gasteiger partial charge in [0.1, 0.15) is 0 Å². The van der Waals surface area contributed by atoms with Gasteiger partial charge in [0.25, 0.3) is 0 Å². The molecular formula is C12H19BrN2O2S. The van der Waals surface area contributed by atoms with Crippen LogP contribution in [0.5, 0.6) is 0 Å². The summed E-state index contributed by atoms with van der Waals surface area (Å²) in [7, 11) is -3.19. The second-order valence-corrected chi connectivity index (χ2v) is 7.38. The zero-order chi connectivity index (χ0) is 13.4. The molecule has 102 valence electrons. The first-order valence-electron chi connectivity index (χ1n) is 6.04. The summed E-state index contributed by atoms with van der Waals surface area (Å²) in [5.74, 6) is 0.114. The third-order valence-corrected chi connectivity index (χ3v) is 4.67. The first kappa shape index (κ1) is 15.6. The van der Waals surface area contributed by atoms with E-state index in [1.807, 2.05) is 12.1 Å². The van der Waals surface area contributed by atoms with Gasteiger partial charge in [0, 0.05) is 23.8 Å². The van der Waals surface area contributed by atoms with E-state index in [0.29, 0.717) is 13.0 Å². The number of nitrogens with zero attached hydrogens (tertiary/aromatic N) is 1. The normalized spacial score (nSPS) is 13.4. The third-order valence-electron chi connectivity index (χ3n) is 2.54. The number of alkyl halides is 1. The van der Waals surface area contributed by atoms with E-state index in [4.69, 9.17) is 0 Å². The van der Waals surface area contributed by atoms with Gasteiger partial charge in [-0.15, -0.1) is 0 Å². The van der Waals surface area contributed by atoms with Crippen LogP contribution in [0.3, 0.4) is 0 Å². The number of sulfonamides is 1. The van der Waals surface area contributed by atoms with Crippen molar-refractivity contribution in [3.63, 3.8) is 0 Å². The topological polar surface area (TPSA) is 59.1 Å². The molecule has 4 nitrogen and oxygen atoms in total. The van der Waals surface area contributed by atoms with Gasteiger partial charge in [-0.2, -0.15) is 0 Å². The number of nitrogens with one attached hydrogen (secondary N) is 1. The van der Waals surface area contributed by atoms with E-state index in [2.05, 4.69) is 32.6 Å². The summed E-state index contributed by atoms with van der Waals surface area (Å²) in [5.41, 5.74) is 0.985. The molecule has 0 spiro atoms. The van der Waals surface area contributed by atoms with E-state index >= 15 is 0 Å². The lowest BCUT2D eigenvalue weighted by Gasteiger charge is -2.10. The Morgan fingerprint density at radius 2 is 2.06 bits per heavy atom. The van der Waals surface area contributed by atoms with Gasteiger partial charge in [-0.05, 0) is 30.5 Å². The quantitative estimate of drug-likeness (QED) is 0.740. The van der Waals surface area contributed by atoms with Crippen LogP contribution in [0.15, 0.2) is 24.5 Å². The van der Waals surface area contributed by atoms with Gasteiger partial charge < -0.3 is 0 Å². The molecule has 1 aromatic heterocycles. The summed E-state index contributed by atoms with van der Waals surface area (Å²) in [4.78, 5) is 4.11. The maximum Gasteiger partial charge on any atom is 0.211 e. The van der Waals surface area contributed by atoms with E-state index in [1.54, 1.807) is 12.4 Å². The lowest BCUT2D eigenvalue weighted by atomic mass is 10.2. The largest absolute Gasteiger partial charge is 0.265 e. The molecule has 0 aliphatic heterocycles. The van der Waals surface area contributed by atoms with Gasteiger partial charge >= 0.3 is 0 Å². The minimum Gasteiger partial charge on any atom is -0.265 e. The zero-order valence-corrected chi connectivity index (χ0v) is 12.9. The van der Waals surface area contributed by atoms with Gasteiger partial charge in [0.05, 0.1) is 5.75 Å². The summed E-state index contributed by atoms with van der Waals surface area (Å²) in [6.07, 6.45) is 5.86. The molecule has 0 saturated carbocycles. The van der Waals surface area contributed by atoms with Crippen LogP contribution in [0.1, 0.15) is 25.3 Å². The Balaban J connectivity index is 2.36. The summed E-state index contributed by atoms with van der Waals surface area (Å²) in [5, 5.41) is 0. The van der Waals surface area contributed by atoms with Crippen molar-refractivity contribution in [2.24, 2.45) is 0 Å². The van der Waals surface area contributed by atoms with Gasteiger partial charge in [-0.25, -0.2) is 13.1 Å². The zero-order valence-electron chi connectivity index (χ0n) is 10.5. The van der Waals surface area contributed by atoms with E-state index in [1.165, 1.54) is 0 Å². The smallest absolute Gasteiger partial charge is 0.211 e. The molecule has 6 heteroatoms. The second-order valence-electron chi connectivity index (χ2n) is 4.16. The molecule has 1 atom stereocenters. The van der Waals surface area contributed by atoms with E-state index in [9.17, 15) is 8.42 Å². The predicted molar refractivity (Wildman–Crippen MR) is 77.4 cm³/mol. The molecule has 0 amide bonds. The minimum absolute atomic E-state index is 0.114. The van der Waals surface area contributed by atoms with E-state index < -0.39 is 10.0 Å². The fourth-order valence-corrected chi connectivity index (χ4v) is 3.44. The Kier molecular flexibility index (Phi) is 6.81. The van der Waals surface area contributed by atoms with Crippen LogP contribution >= 0.6 is 15.9 Å². The summed E-state index contributed by atoms with van der Waals surface area (Å²) < 4.78 is 26.2. The van der Waals surface area contributed by atoms with Crippen molar-refractivity contribution in [1.82, 2.24) is 9.71 Å². The predicted octanol–water partition coefficient (Wildman–Crippen LogP) is 2.11. The molecule has 0 fully saturated rings. The van der Waals surface area contributed by atoms with Crippen molar-refractivity contribution in [2.45, 2.75) is 31.0 Å². The fourth-order valence-electron chi connectivity index (χ4n) is 1.51. The number of hydrogen-bond donors (Lipinski definition) is 1. The van der Waals surface area contributed by atoms with Crippen molar-refractivity contribution in [2.75, 3.05) is 12.3 Å². The van der Waals surface area contributed by atoms with Crippen molar-refractivity contribution in [3.05, 3.63) is 30.1 Å². The highest BCUT2D eigenvalue weighted by Crippen LogP contribution is 2.07. The number of rotatable bonds is 8. The number of pyridine rings is 1. The van der Waals surface area contributed by atoms with E-state index in [0.717, 1.165) is 18.4 Å². The summed E-state index contributed by atoms with van der Waals surface area (Å²) >= 11 is 3.45. The lowest BCUT2D eigenvalue weighted by molar-refractivity contribution is 0.577. The molecule has 1 unspecified atom stereocenters. The number of aromatic nitrogens is 1. The lowest BCUT2D eigenvalue weighted by Crippen LogP contribution is -2.32. The van der Waals surface area contributed by atoms with Gasteiger partial charge in [0.15, 0.2) is 0 Å². The molecule has 1 rings (SSSR count). The van der Waals surface area contributed by atoms with Gasteiger partial charge in [0.2, 0.25) is 10.0 Å². The monoisotopic (exact) mass is 334 g/mol. The summed E-state index contributed by atoms with van der Waals surface area (Å²) in [6.45, 7) is 2.53.